The molecule has 0 unspecified atom stereocenters. The zero-order valence-corrected chi connectivity index (χ0v) is 11.5. The Morgan fingerprint density at radius 3 is 2.15 bits per heavy atom. The van der Waals surface area contributed by atoms with Gasteiger partial charge in [-0.25, -0.2) is 13.2 Å². The highest BCUT2D eigenvalue weighted by Gasteiger charge is 2.15. The van der Waals surface area contributed by atoms with Gasteiger partial charge in [-0.3, -0.25) is 4.72 Å². The molecular weight excluding hydrogens is 278 g/mol. The first-order valence-electron chi connectivity index (χ1n) is 5.78. The average molecular weight is 291 g/mol. The van der Waals surface area contributed by atoms with Crippen LogP contribution in [-0.2, 0) is 10.0 Å². The van der Waals surface area contributed by atoms with Crippen molar-refractivity contribution in [1.29, 1.82) is 0 Å². The molecule has 104 valence electrons. The molecule has 6 heteroatoms. The van der Waals surface area contributed by atoms with Gasteiger partial charge in [0.2, 0.25) is 10.0 Å². The summed E-state index contributed by atoms with van der Waals surface area (Å²) in [7, 11) is -3.44. The molecule has 0 aliphatic heterocycles. The van der Waals surface area contributed by atoms with Crippen molar-refractivity contribution < 1.29 is 18.3 Å². The zero-order valence-electron chi connectivity index (χ0n) is 10.7. The molecule has 0 aliphatic rings. The number of nitrogens with one attached hydrogen (secondary N) is 1. The largest absolute Gasteiger partial charge is 0.478 e. The van der Waals surface area contributed by atoms with E-state index >= 15 is 0 Å². The summed E-state index contributed by atoms with van der Waals surface area (Å²) in [4.78, 5) is 11.3. The molecule has 0 aromatic heterocycles. The molecule has 20 heavy (non-hydrogen) atoms. The third kappa shape index (κ3) is 3.16. The topological polar surface area (TPSA) is 83.5 Å². The van der Waals surface area contributed by atoms with Crippen molar-refractivity contribution in [1.82, 2.24) is 0 Å². The molecule has 0 spiro atoms. The summed E-state index contributed by atoms with van der Waals surface area (Å²) in [6.45, 7) is 0. The molecule has 0 heterocycles. The Balaban J connectivity index is 2.62. The van der Waals surface area contributed by atoms with Crippen LogP contribution in [0, 0.1) is 0 Å². The molecule has 0 saturated heterocycles. The van der Waals surface area contributed by atoms with E-state index in [1.54, 1.807) is 42.5 Å². The Morgan fingerprint density at radius 2 is 1.55 bits per heavy atom. The monoisotopic (exact) mass is 291 g/mol. The molecule has 0 atom stereocenters. The van der Waals surface area contributed by atoms with Crippen LogP contribution in [0.1, 0.15) is 10.4 Å². The fourth-order valence-corrected chi connectivity index (χ4v) is 2.49. The van der Waals surface area contributed by atoms with Gasteiger partial charge in [-0.05, 0) is 17.7 Å². The van der Waals surface area contributed by atoms with Gasteiger partial charge in [-0.1, -0.05) is 36.4 Å². The number of sulfonamides is 1. The van der Waals surface area contributed by atoms with Crippen LogP contribution in [0.4, 0.5) is 5.69 Å². The molecule has 0 fully saturated rings. The molecular formula is C14H13NO4S. The van der Waals surface area contributed by atoms with Crippen molar-refractivity contribution in [3.63, 3.8) is 0 Å². The van der Waals surface area contributed by atoms with Gasteiger partial charge >= 0.3 is 5.97 Å². The number of hydrogen-bond acceptors (Lipinski definition) is 3. The quantitative estimate of drug-likeness (QED) is 0.906. The van der Waals surface area contributed by atoms with Crippen LogP contribution in [0.3, 0.4) is 0 Å². The standard InChI is InChI=1S/C14H13NO4S/c1-20(18,19)15-13-9-5-4-7-11(13)10-6-2-3-8-12(10)14(16)17/h2-9,15H,1H3,(H,16,17). The Bertz CT molecular complexity index is 753. The van der Waals surface area contributed by atoms with Crippen molar-refractivity contribution in [2.75, 3.05) is 11.0 Å². The lowest BCUT2D eigenvalue weighted by Crippen LogP contribution is -2.11. The van der Waals surface area contributed by atoms with Crippen molar-refractivity contribution in [2.45, 2.75) is 0 Å². The van der Waals surface area contributed by atoms with E-state index in [1.807, 2.05) is 0 Å². The maximum absolute atomic E-state index is 11.4. The van der Waals surface area contributed by atoms with E-state index in [-0.39, 0.29) is 5.56 Å². The Hall–Kier alpha value is -2.34. The van der Waals surface area contributed by atoms with E-state index in [2.05, 4.69) is 4.72 Å². The molecule has 0 saturated carbocycles. The van der Waals surface area contributed by atoms with Gasteiger partial charge in [0, 0.05) is 5.56 Å². The number of carbonyl (C=O) groups is 1. The van der Waals surface area contributed by atoms with Crippen molar-refractivity contribution in [3.05, 3.63) is 54.1 Å². The molecule has 2 aromatic carbocycles. The lowest BCUT2D eigenvalue weighted by atomic mass is 9.98. The Kier molecular flexibility index (Phi) is 3.76. The summed E-state index contributed by atoms with van der Waals surface area (Å²) in [6, 6.07) is 13.1. The van der Waals surface area contributed by atoms with E-state index in [4.69, 9.17) is 0 Å². The summed E-state index contributed by atoms with van der Waals surface area (Å²) in [6.07, 6.45) is 1.05. The highest BCUT2D eigenvalue weighted by molar-refractivity contribution is 7.92. The predicted molar refractivity (Wildman–Crippen MR) is 77.3 cm³/mol. The zero-order chi connectivity index (χ0) is 14.8. The van der Waals surface area contributed by atoms with E-state index in [9.17, 15) is 18.3 Å². The van der Waals surface area contributed by atoms with Crippen LogP contribution in [0.5, 0.6) is 0 Å². The molecule has 2 N–H and O–H groups in total. The number of benzene rings is 2. The number of rotatable bonds is 4. The van der Waals surface area contributed by atoms with Crippen molar-refractivity contribution in [3.8, 4) is 11.1 Å². The predicted octanol–water partition coefficient (Wildman–Crippen LogP) is 2.42. The Labute approximate surface area is 116 Å². The lowest BCUT2D eigenvalue weighted by molar-refractivity contribution is 0.0697. The summed E-state index contributed by atoms with van der Waals surface area (Å²) in [5.41, 5.74) is 1.46. The first kappa shape index (κ1) is 14.1. The van der Waals surface area contributed by atoms with Gasteiger partial charge in [-0.15, -0.1) is 0 Å². The van der Waals surface area contributed by atoms with Gasteiger partial charge in [0.05, 0.1) is 17.5 Å². The van der Waals surface area contributed by atoms with Crippen LogP contribution in [0.2, 0.25) is 0 Å². The van der Waals surface area contributed by atoms with Crippen LogP contribution >= 0.6 is 0 Å². The summed E-state index contributed by atoms with van der Waals surface area (Å²) in [5, 5.41) is 9.21. The smallest absolute Gasteiger partial charge is 0.336 e. The van der Waals surface area contributed by atoms with Crippen molar-refractivity contribution >= 4 is 21.7 Å². The van der Waals surface area contributed by atoms with E-state index in [0.717, 1.165) is 6.26 Å². The maximum Gasteiger partial charge on any atom is 0.336 e. The summed E-state index contributed by atoms with van der Waals surface area (Å²) >= 11 is 0. The summed E-state index contributed by atoms with van der Waals surface area (Å²) < 4.78 is 25.1. The first-order chi connectivity index (χ1) is 9.38. The van der Waals surface area contributed by atoms with E-state index in [1.165, 1.54) is 6.07 Å². The van der Waals surface area contributed by atoms with Gasteiger partial charge < -0.3 is 5.11 Å². The number of carboxylic acids is 1. The number of anilines is 1. The Morgan fingerprint density at radius 1 is 1.00 bits per heavy atom. The minimum atomic E-state index is -3.44. The fourth-order valence-electron chi connectivity index (χ4n) is 1.91. The molecule has 5 nitrogen and oxygen atoms in total. The van der Waals surface area contributed by atoms with Crippen LogP contribution in [0.15, 0.2) is 48.5 Å². The van der Waals surface area contributed by atoms with E-state index in [0.29, 0.717) is 16.8 Å². The van der Waals surface area contributed by atoms with Gasteiger partial charge in [0.1, 0.15) is 0 Å². The number of para-hydroxylation sites is 1. The SMILES string of the molecule is CS(=O)(=O)Nc1ccccc1-c1ccccc1C(=O)O. The number of carboxylic acid groups (broad SMARTS) is 1. The van der Waals surface area contributed by atoms with Crippen LogP contribution in [-0.4, -0.2) is 25.7 Å². The molecule has 2 aromatic rings. The van der Waals surface area contributed by atoms with E-state index < -0.39 is 16.0 Å². The minimum absolute atomic E-state index is 0.121. The van der Waals surface area contributed by atoms with Crippen LogP contribution in [0.25, 0.3) is 11.1 Å². The van der Waals surface area contributed by atoms with Gasteiger partial charge in [-0.2, -0.15) is 0 Å². The normalized spacial score (nSPS) is 11.1. The number of hydrogen-bond donors (Lipinski definition) is 2. The van der Waals surface area contributed by atoms with Crippen molar-refractivity contribution in [2.24, 2.45) is 0 Å². The molecule has 0 bridgehead atoms. The molecule has 0 radical (unpaired) electrons. The molecule has 0 aliphatic carbocycles. The summed E-state index contributed by atoms with van der Waals surface area (Å²) in [5.74, 6) is -1.06. The minimum Gasteiger partial charge on any atom is -0.478 e. The second-order valence-electron chi connectivity index (χ2n) is 4.27. The molecule has 2 rings (SSSR count). The maximum atomic E-state index is 11.4. The average Bonchev–Trinajstić information content (AvgIpc) is 2.37. The first-order valence-corrected chi connectivity index (χ1v) is 7.67. The fraction of sp³-hybridized carbons (Fsp3) is 0.0714. The van der Waals surface area contributed by atoms with Crippen LogP contribution < -0.4 is 4.72 Å². The van der Waals surface area contributed by atoms with Gasteiger partial charge in [0.25, 0.3) is 0 Å². The third-order valence-electron chi connectivity index (χ3n) is 2.67. The second-order valence-corrected chi connectivity index (χ2v) is 6.02. The number of aromatic carboxylic acids is 1. The second kappa shape index (κ2) is 5.34. The molecule has 0 amide bonds. The highest BCUT2D eigenvalue weighted by atomic mass is 32.2. The van der Waals surface area contributed by atoms with Gasteiger partial charge in [0.15, 0.2) is 0 Å². The third-order valence-corrected chi connectivity index (χ3v) is 3.26. The highest BCUT2D eigenvalue weighted by Crippen LogP contribution is 2.31. The lowest BCUT2D eigenvalue weighted by Gasteiger charge is -2.12.